The Hall–Kier alpha value is -2.70. The van der Waals surface area contributed by atoms with Crippen LogP contribution in [0.1, 0.15) is 23.3 Å². The number of halogens is 1. The molecule has 1 amide bonds. The van der Waals surface area contributed by atoms with Gasteiger partial charge in [-0.3, -0.25) is 4.79 Å². The van der Waals surface area contributed by atoms with Gasteiger partial charge < -0.3 is 14.7 Å². The van der Waals surface area contributed by atoms with Gasteiger partial charge in [-0.1, -0.05) is 0 Å². The number of likely N-dealkylation sites (tertiary alicyclic amines) is 1. The van der Waals surface area contributed by atoms with Crippen LogP contribution in [-0.2, 0) is 0 Å². The fourth-order valence-corrected chi connectivity index (χ4v) is 2.47. The number of carbonyl (C=O) groups excluding carboxylic acids is 1. The molecule has 1 N–H and O–H groups in total. The van der Waals surface area contributed by atoms with Crippen molar-refractivity contribution in [1.29, 1.82) is 0 Å². The summed E-state index contributed by atoms with van der Waals surface area (Å²) in [6.45, 7) is 1.00. The SMILES string of the molecule is O=C(c1ccc(O)cn1)N1CCC(Oc2ncccc2F)CC1. The molecular formula is C16H16FN3O3. The van der Waals surface area contributed by atoms with Crippen molar-refractivity contribution >= 4 is 5.91 Å². The first-order valence-corrected chi connectivity index (χ1v) is 7.35. The number of pyridine rings is 2. The highest BCUT2D eigenvalue weighted by molar-refractivity contribution is 5.92. The van der Waals surface area contributed by atoms with E-state index in [1.807, 2.05) is 0 Å². The summed E-state index contributed by atoms with van der Waals surface area (Å²) in [5.74, 6) is -0.657. The van der Waals surface area contributed by atoms with Crippen LogP contribution >= 0.6 is 0 Å². The molecule has 120 valence electrons. The van der Waals surface area contributed by atoms with E-state index in [4.69, 9.17) is 4.74 Å². The Labute approximate surface area is 132 Å². The molecule has 3 heterocycles. The normalized spacial score (nSPS) is 15.4. The lowest BCUT2D eigenvalue weighted by Gasteiger charge is -2.31. The van der Waals surface area contributed by atoms with Crippen LogP contribution in [0.3, 0.4) is 0 Å². The Bertz CT molecular complexity index is 685. The van der Waals surface area contributed by atoms with Crippen LogP contribution in [0.25, 0.3) is 0 Å². The summed E-state index contributed by atoms with van der Waals surface area (Å²) in [4.78, 5) is 21.8. The van der Waals surface area contributed by atoms with Crippen molar-refractivity contribution in [2.45, 2.75) is 18.9 Å². The monoisotopic (exact) mass is 317 g/mol. The molecule has 0 unspecified atom stereocenters. The Kier molecular flexibility index (Phi) is 4.36. The van der Waals surface area contributed by atoms with Crippen LogP contribution in [0.5, 0.6) is 11.6 Å². The molecule has 6 nitrogen and oxygen atoms in total. The second kappa shape index (κ2) is 6.60. The van der Waals surface area contributed by atoms with Gasteiger partial charge in [-0.2, -0.15) is 0 Å². The number of aromatic nitrogens is 2. The standard InChI is InChI=1S/C16H16FN3O3/c17-13-2-1-7-18-15(13)23-12-5-8-20(9-6-12)16(22)14-4-3-11(21)10-19-14/h1-4,7,10,12,21H,5-6,8-9H2. The third-order valence-corrected chi connectivity index (χ3v) is 3.70. The molecule has 0 atom stereocenters. The number of piperidine rings is 1. The summed E-state index contributed by atoms with van der Waals surface area (Å²) < 4.78 is 19.1. The molecule has 23 heavy (non-hydrogen) atoms. The van der Waals surface area contributed by atoms with Crippen molar-refractivity contribution in [3.63, 3.8) is 0 Å². The number of ether oxygens (including phenoxy) is 1. The minimum Gasteiger partial charge on any atom is -0.506 e. The fraction of sp³-hybridized carbons (Fsp3) is 0.312. The first-order chi connectivity index (χ1) is 11.1. The number of rotatable bonds is 3. The highest BCUT2D eigenvalue weighted by Gasteiger charge is 2.26. The molecule has 0 radical (unpaired) electrons. The number of amides is 1. The zero-order chi connectivity index (χ0) is 16.2. The first kappa shape index (κ1) is 15.2. The van der Waals surface area contributed by atoms with Crippen molar-refractivity contribution in [3.8, 4) is 11.6 Å². The predicted octanol–water partition coefficient (Wildman–Crippen LogP) is 2.00. The number of aromatic hydroxyl groups is 1. The van der Waals surface area contributed by atoms with Gasteiger partial charge in [0, 0.05) is 32.1 Å². The number of carbonyl (C=O) groups is 1. The van der Waals surface area contributed by atoms with Crippen LogP contribution in [0.15, 0.2) is 36.7 Å². The van der Waals surface area contributed by atoms with Crippen molar-refractivity contribution in [2.24, 2.45) is 0 Å². The second-order valence-corrected chi connectivity index (χ2v) is 5.30. The smallest absolute Gasteiger partial charge is 0.272 e. The van der Waals surface area contributed by atoms with Crippen LogP contribution in [0.4, 0.5) is 4.39 Å². The number of nitrogens with zero attached hydrogens (tertiary/aromatic N) is 3. The van der Waals surface area contributed by atoms with Gasteiger partial charge in [-0.05, 0) is 24.3 Å². The molecular weight excluding hydrogens is 301 g/mol. The average molecular weight is 317 g/mol. The Morgan fingerprint density at radius 3 is 2.70 bits per heavy atom. The topological polar surface area (TPSA) is 75.5 Å². The number of hydrogen-bond donors (Lipinski definition) is 1. The molecule has 7 heteroatoms. The first-order valence-electron chi connectivity index (χ1n) is 7.35. The molecule has 3 rings (SSSR count). The summed E-state index contributed by atoms with van der Waals surface area (Å²) >= 11 is 0. The summed E-state index contributed by atoms with van der Waals surface area (Å²) in [5.41, 5.74) is 0.290. The number of hydrogen-bond acceptors (Lipinski definition) is 5. The van der Waals surface area contributed by atoms with Gasteiger partial charge >= 0.3 is 0 Å². The maximum atomic E-state index is 13.5. The quantitative estimate of drug-likeness (QED) is 0.937. The summed E-state index contributed by atoms with van der Waals surface area (Å²) in [6, 6.07) is 5.73. The maximum Gasteiger partial charge on any atom is 0.272 e. The fourth-order valence-electron chi connectivity index (χ4n) is 2.47. The third kappa shape index (κ3) is 3.56. The Morgan fingerprint density at radius 1 is 1.26 bits per heavy atom. The summed E-state index contributed by atoms with van der Waals surface area (Å²) in [6.07, 6.45) is 3.75. The molecule has 2 aromatic rings. The Morgan fingerprint density at radius 2 is 2.04 bits per heavy atom. The van der Waals surface area contributed by atoms with E-state index in [-0.39, 0.29) is 29.3 Å². The average Bonchev–Trinajstić information content (AvgIpc) is 2.58. The lowest BCUT2D eigenvalue weighted by Crippen LogP contribution is -2.42. The molecule has 0 saturated carbocycles. The molecule has 0 aliphatic carbocycles. The highest BCUT2D eigenvalue weighted by Crippen LogP contribution is 2.20. The van der Waals surface area contributed by atoms with Crippen LogP contribution in [0, 0.1) is 5.82 Å². The van der Waals surface area contributed by atoms with Crippen molar-refractivity contribution < 1.29 is 19.0 Å². The molecule has 1 aliphatic rings. The van der Waals surface area contributed by atoms with Crippen LogP contribution < -0.4 is 4.74 Å². The minimum atomic E-state index is -0.487. The van der Waals surface area contributed by atoms with Crippen molar-refractivity contribution in [3.05, 3.63) is 48.2 Å². The minimum absolute atomic E-state index is 0.00234. The highest BCUT2D eigenvalue weighted by atomic mass is 19.1. The van der Waals surface area contributed by atoms with E-state index < -0.39 is 5.82 Å². The zero-order valence-electron chi connectivity index (χ0n) is 12.4. The third-order valence-electron chi connectivity index (χ3n) is 3.70. The molecule has 0 bridgehead atoms. The van der Waals surface area contributed by atoms with E-state index in [0.717, 1.165) is 0 Å². The molecule has 1 saturated heterocycles. The lowest BCUT2D eigenvalue weighted by atomic mass is 10.1. The summed E-state index contributed by atoms with van der Waals surface area (Å²) in [5, 5.41) is 9.21. The van der Waals surface area contributed by atoms with E-state index >= 15 is 0 Å². The lowest BCUT2D eigenvalue weighted by molar-refractivity contribution is 0.0574. The van der Waals surface area contributed by atoms with Gasteiger partial charge in [0.1, 0.15) is 17.5 Å². The molecule has 2 aromatic heterocycles. The summed E-state index contributed by atoms with van der Waals surface area (Å²) in [7, 11) is 0. The van der Waals surface area contributed by atoms with E-state index in [2.05, 4.69) is 9.97 Å². The second-order valence-electron chi connectivity index (χ2n) is 5.30. The zero-order valence-corrected chi connectivity index (χ0v) is 12.4. The van der Waals surface area contributed by atoms with Crippen LogP contribution in [-0.4, -0.2) is 45.1 Å². The van der Waals surface area contributed by atoms with Gasteiger partial charge in [0.05, 0.1) is 6.20 Å². The van der Waals surface area contributed by atoms with Crippen molar-refractivity contribution in [2.75, 3.05) is 13.1 Å². The molecule has 0 spiro atoms. The van der Waals surface area contributed by atoms with Crippen molar-refractivity contribution in [1.82, 2.24) is 14.9 Å². The maximum absolute atomic E-state index is 13.5. The van der Waals surface area contributed by atoms with E-state index in [0.29, 0.717) is 25.9 Å². The van der Waals surface area contributed by atoms with E-state index in [9.17, 15) is 14.3 Å². The Balaban J connectivity index is 1.57. The molecule has 1 fully saturated rings. The molecule has 1 aliphatic heterocycles. The molecule has 0 aromatic carbocycles. The van der Waals surface area contributed by atoms with Gasteiger partial charge in [0.25, 0.3) is 11.8 Å². The van der Waals surface area contributed by atoms with E-state index in [1.165, 1.54) is 36.7 Å². The largest absolute Gasteiger partial charge is 0.506 e. The predicted molar refractivity (Wildman–Crippen MR) is 79.7 cm³/mol. The van der Waals surface area contributed by atoms with Gasteiger partial charge in [-0.25, -0.2) is 14.4 Å². The van der Waals surface area contributed by atoms with E-state index in [1.54, 1.807) is 4.90 Å². The van der Waals surface area contributed by atoms with Gasteiger partial charge in [-0.15, -0.1) is 0 Å². The van der Waals surface area contributed by atoms with Gasteiger partial charge in [0.2, 0.25) is 0 Å². The van der Waals surface area contributed by atoms with Gasteiger partial charge in [0.15, 0.2) is 5.82 Å². The van der Waals surface area contributed by atoms with Crippen LogP contribution in [0.2, 0.25) is 0 Å².